The molecule has 1 atom stereocenters. The van der Waals surface area contributed by atoms with Gasteiger partial charge in [-0.1, -0.05) is 13.8 Å². The lowest BCUT2D eigenvalue weighted by atomic mass is 10.1. The number of imidazole rings is 1. The van der Waals surface area contributed by atoms with Gasteiger partial charge in [-0.05, 0) is 32.7 Å². The van der Waals surface area contributed by atoms with Gasteiger partial charge < -0.3 is 14.8 Å². The van der Waals surface area contributed by atoms with Crippen molar-refractivity contribution in [2.45, 2.75) is 59.3 Å². The minimum Gasteiger partial charge on any atom is -0.333 e. The van der Waals surface area contributed by atoms with E-state index in [1.165, 1.54) is 25.2 Å². The maximum absolute atomic E-state index is 4.31. The van der Waals surface area contributed by atoms with Crippen molar-refractivity contribution in [2.75, 3.05) is 13.1 Å². The van der Waals surface area contributed by atoms with Gasteiger partial charge in [0, 0.05) is 37.9 Å². The minimum absolute atomic E-state index is 0.520. The summed E-state index contributed by atoms with van der Waals surface area (Å²) in [4.78, 5) is 6.88. The Balaban J connectivity index is 1.88. The zero-order chi connectivity index (χ0) is 13.8. The molecule has 108 valence electrons. The van der Waals surface area contributed by atoms with Gasteiger partial charge >= 0.3 is 0 Å². The molecular formula is C15H28N4. The molecule has 1 fully saturated rings. The van der Waals surface area contributed by atoms with Crippen LogP contribution in [-0.2, 0) is 13.1 Å². The molecule has 19 heavy (non-hydrogen) atoms. The lowest BCUT2D eigenvalue weighted by molar-refractivity contribution is 0.260. The average molecular weight is 264 g/mol. The summed E-state index contributed by atoms with van der Waals surface area (Å²) in [6.07, 6.45) is 5.29. The molecule has 1 N–H and O–H groups in total. The molecule has 0 spiro atoms. The van der Waals surface area contributed by atoms with E-state index in [1.807, 2.05) is 12.5 Å². The van der Waals surface area contributed by atoms with Gasteiger partial charge in [-0.3, -0.25) is 0 Å². The van der Waals surface area contributed by atoms with Crippen LogP contribution in [-0.4, -0.2) is 39.6 Å². The number of hydrogen-bond acceptors (Lipinski definition) is 3. The van der Waals surface area contributed by atoms with Gasteiger partial charge in [0.25, 0.3) is 0 Å². The number of nitrogens with zero attached hydrogens (tertiary/aromatic N) is 3. The Morgan fingerprint density at radius 2 is 2.16 bits per heavy atom. The average Bonchev–Trinajstić information content (AvgIpc) is 2.96. The van der Waals surface area contributed by atoms with Gasteiger partial charge in [-0.2, -0.15) is 0 Å². The van der Waals surface area contributed by atoms with E-state index in [0.29, 0.717) is 12.1 Å². The summed E-state index contributed by atoms with van der Waals surface area (Å²) in [5.41, 5.74) is 1.30. The number of nitrogens with one attached hydrogen (secondary N) is 1. The summed E-state index contributed by atoms with van der Waals surface area (Å²) >= 11 is 0. The van der Waals surface area contributed by atoms with Crippen LogP contribution >= 0.6 is 0 Å². The number of likely N-dealkylation sites (tertiary alicyclic amines) is 1. The highest BCUT2D eigenvalue weighted by molar-refractivity contribution is 4.99. The van der Waals surface area contributed by atoms with Crippen molar-refractivity contribution >= 4 is 0 Å². The second kappa shape index (κ2) is 6.53. The maximum Gasteiger partial charge on any atom is 0.0948 e. The van der Waals surface area contributed by atoms with Gasteiger partial charge in [0.2, 0.25) is 0 Å². The smallest absolute Gasteiger partial charge is 0.0948 e. The van der Waals surface area contributed by atoms with Crippen LogP contribution in [0.5, 0.6) is 0 Å². The molecule has 1 aliphatic heterocycles. The normalized spacial score (nSPS) is 20.8. The third-order valence-electron chi connectivity index (χ3n) is 3.99. The van der Waals surface area contributed by atoms with Crippen LogP contribution in [0.1, 0.15) is 39.8 Å². The molecule has 1 saturated heterocycles. The van der Waals surface area contributed by atoms with Crippen molar-refractivity contribution < 1.29 is 0 Å². The van der Waals surface area contributed by atoms with Gasteiger partial charge in [-0.15, -0.1) is 0 Å². The highest BCUT2D eigenvalue weighted by Gasteiger charge is 2.24. The van der Waals surface area contributed by atoms with Crippen LogP contribution < -0.4 is 5.32 Å². The third-order valence-corrected chi connectivity index (χ3v) is 3.99. The quantitative estimate of drug-likeness (QED) is 0.854. The molecule has 4 heteroatoms. The monoisotopic (exact) mass is 264 g/mol. The lowest BCUT2D eigenvalue weighted by Crippen LogP contribution is -2.29. The Kier molecular flexibility index (Phi) is 4.99. The van der Waals surface area contributed by atoms with Crippen LogP contribution in [0, 0.1) is 5.92 Å². The molecule has 1 aromatic rings. The molecule has 2 heterocycles. The maximum atomic E-state index is 4.31. The summed E-state index contributed by atoms with van der Waals surface area (Å²) in [5.74, 6) is 0.773. The van der Waals surface area contributed by atoms with Crippen molar-refractivity contribution in [1.29, 1.82) is 0 Å². The number of hydrogen-bond donors (Lipinski definition) is 1. The van der Waals surface area contributed by atoms with Crippen LogP contribution in [0.15, 0.2) is 12.5 Å². The molecule has 0 amide bonds. The summed E-state index contributed by atoms with van der Waals surface area (Å²) in [5, 5.41) is 3.47. The van der Waals surface area contributed by atoms with Gasteiger partial charge in [-0.25, -0.2) is 4.98 Å². The van der Waals surface area contributed by atoms with Crippen molar-refractivity contribution in [2.24, 2.45) is 5.92 Å². The van der Waals surface area contributed by atoms with E-state index in [9.17, 15) is 0 Å². The van der Waals surface area contributed by atoms with Crippen LogP contribution in [0.2, 0.25) is 0 Å². The van der Waals surface area contributed by atoms with Crippen molar-refractivity contribution in [1.82, 2.24) is 19.8 Å². The van der Waals surface area contributed by atoms with Gasteiger partial charge in [0.1, 0.15) is 0 Å². The summed E-state index contributed by atoms with van der Waals surface area (Å²) < 4.78 is 2.32. The fourth-order valence-electron chi connectivity index (χ4n) is 2.73. The largest absolute Gasteiger partial charge is 0.333 e. The highest BCUT2D eigenvalue weighted by Crippen LogP contribution is 2.20. The Morgan fingerprint density at radius 3 is 2.79 bits per heavy atom. The standard InChI is InChI=1S/C15H28N4/c1-12(2)17-8-15-7-16-11-19(15)10-14-5-6-18(9-14)13(3)4/h7,11-14,17H,5-6,8-10H2,1-4H3. The van der Waals surface area contributed by atoms with E-state index in [4.69, 9.17) is 0 Å². The predicted octanol–water partition coefficient (Wildman–Crippen LogP) is 2.11. The zero-order valence-corrected chi connectivity index (χ0v) is 12.8. The van der Waals surface area contributed by atoms with E-state index in [1.54, 1.807) is 0 Å². The molecule has 1 unspecified atom stereocenters. The molecule has 2 rings (SSSR count). The van der Waals surface area contributed by atoms with Crippen LogP contribution in [0.3, 0.4) is 0 Å². The third kappa shape index (κ3) is 4.05. The molecule has 0 aliphatic carbocycles. The van der Waals surface area contributed by atoms with Crippen LogP contribution in [0.4, 0.5) is 0 Å². The van der Waals surface area contributed by atoms with Crippen molar-refractivity contribution in [3.8, 4) is 0 Å². The molecule has 0 radical (unpaired) electrons. The first-order valence-corrected chi connectivity index (χ1v) is 7.52. The van der Waals surface area contributed by atoms with E-state index in [0.717, 1.165) is 19.0 Å². The van der Waals surface area contributed by atoms with Gasteiger partial charge in [0.05, 0.1) is 12.0 Å². The molecule has 1 aromatic heterocycles. The summed E-state index contributed by atoms with van der Waals surface area (Å²) in [6, 6.07) is 1.20. The van der Waals surface area contributed by atoms with E-state index < -0.39 is 0 Å². The van der Waals surface area contributed by atoms with Crippen molar-refractivity contribution in [3.63, 3.8) is 0 Å². The first kappa shape index (κ1) is 14.5. The molecule has 0 aromatic carbocycles. The molecule has 4 nitrogen and oxygen atoms in total. The fourth-order valence-corrected chi connectivity index (χ4v) is 2.73. The Morgan fingerprint density at radius 1 is 1.37 bits per heavy atom. The summed E-state index contributed by atoms with van der Waals surface area (Å²) in [7, 11) is 0. The first-order valence-electron chi connectivity index (χ1n) is 7.52. The Labute approximate surface area is 117 Å². The first-order chi connectivity index (χ1) is 9.06. The van der Waals surface area contributed by atoms with Crippen molar-refractivity contribution in [3.05, 3.63) is 18.2 Å². The zero-order valence-electron chi connectivity index (χ0n) is 12.8. The fraction of sp³-hybridized carbons (Fsp3) is 0.800. The van der Waals surface area contributed by atoms with E-state index in [2.05, 4.69) is 47.5 Å². The summed E-state index contributed by atoms with van der Waals surface area (Å²) in [6.45, 7) is 13.4. The topological polar surface area (TPSA) is 33.1 Å². The second-order valence-corrected chi connectivity index (χ2v) is 6.32. The lowest BCUT2D eigenvalue weighted by Gasteiger charge is -2.20. The number of rotatable bonds is 6. The molecule has 0 bridgehead atoms. The minimum atomic E-state index is 0.520. The van der Waals surface area contributed by atoms with Gasteiger partial charge in [0.15, 0.2) is 0 Å². The highest BCUT2D eigenvalue weighted by atomic mass is 15.2. The second-order valence-electron chi connectivity index (χ2n) is 6.32. The van der Waals surface area contributed by atoms with Crippen LogP contribution in [0.25, 0.3) is 0 Å². The molecular weight excluding hydrogens is 236 g/mol. The molecule has 0 saturated carbocycles. The van der Waals surface area contributed by atoms with E-state index in [-0.39, 0.29) is 0 Å². The number of aromatic nitrogens is 2. The van der Waals surface area contributed by atoms with E-state index >= 15 is 0 Å². The molecule has 1 aliphatic rings. The predicted molar refractivity (Wildman–Crippen MR) is 79.0 cm³/mol. The Bertz CT molecular complexity index is 383. The SMILES string of the molecule is CC(C)NCc1cncn1CC1CCN(C(C)C)C1. The Hall–Kier alpha value is -0.870.